The molecule has 4 rings (SSSR count). The van der Waals surface area contributed by atoms with Crippen molar-refractivity contribution < 1.29 is 19.0 Å². The van der Waals surface area contributed by atoms with E-state index in [1.165, 1.54) is 16.7 Å². The van der Waals surface area contributed by atoms with Gasteiger partial charge >= 0.3 is 0 Å². The zero-order chi connectivity index (χ0) is 23.2. The van der Waals surface area contributed by atoms with Gasteiger partial charge < -0.3 is 19.5 Å². The number of hydrogen-bond donors (Lipinski definition) is 1. The fourth-order valence-electron chi connectivity index (χ4n) is 4.23. The summed E-state index contributed by atoms with van der Waals surface area (Å²) in [5, 5.41) is 2.97. The van der Waals surface area contributed by atoms with E-state index in [1.54, 1.807) is 21.3 Å². The molecule has 6 heteroatoms. The minimum atomic E-state index is -0.123. The van der Waals surface area contributed by atoms with Crippen LogP contribution in [0.2, 0.25) is 0 Å². The predicted molar refractivity (Wildman–Crippen MR) is 128 cm³/mol. The number of nitrogens with one attached hydrogen (secondary N) is 1. The van der Waals surface area contributed by atoms with E-state index >= 15 is 0 Å². The van der Waals surface area contributed by atoms with Gasteiger partial charge in [0.15, 0.2) is 11.5 Å². The van der Waals surface area contributed by atoms with Crippen molar-refractivity contribution in [2.75, 3.05) is 27.9 Å². The largest absolute Gasteiger partial charge is 0.493 e. The number of methoxy groups -OCH3 is 3. The second kappa shape index (κ2) is 10.4. The number of ether oxygens (including phenoxy) is 3. The zero-order valence-electron chi connectivity index (χ0n) is 19.4. The number of carbonyl (C=O) groups excluding carboxylic acids is 1. The molecule has 0 saturated carbocycles. The fraction of sp³-hybridized carbons (Fsp3) is 0.296. The molecule has 0 radical (unpaired) electrons. The predicted octanol–water partition coefficient (Wildman–Crippen LogP) is 4.20. The number of benzene rings is 3. The van der Waals surface area contributed by atoms with Gasteiger partial charge in [0, 0.05) is 31.7 Å². The first-order valence-electron chi connectivity index (χ1n) is 11.1. The maximum Gasteiger partial charge on any atom is 0.251 e. The Morgan fingerprint density at radius 3 is 2.18 bits per heavy atom. The third-order valence-corrected chi connectivity index (χ3v) is 6.01. The molecule has 1 amide bonds. The topological polar surface area (TPSA) is 60.0 Å². The smallest absolute Gasteiger partial charge is 0.251 e. The lowest BCUT2D eigenvalue weighted by atomic mass is 9.99. The van der Waals surface area contributed by atoms with Gasteiger partial charge in [-0.1, -0.05) is 36.4 Å². The van der Waals surface area contributed by atoms with E-state index in [1.807, 2.05) is 36.4 Å². The molecule has 0 atom stereocenters. The quantitative estimate of drug-likeness (QED) is 0.562. The average Bonchev–Trinajstić information content (AvgIpc) is 2.86. The van der Waals surface area contributed by atoms with Crippen LogP contribution >= 0.6 is 0 Å². The van der Waals surface area contributed by atoms with Gasteiger partial charge in [-0.05, 0) is 52.9 Å². The number of hydrogen-bond acceptors (Lipinski definition) is 5. The van der Waals surface area contributed by atoms with Crippen LogP contribution in [0.3, 0.4) is 0 Å². The van der Waals surface area contributed by atoms with Gasteiger partial charge in [-0.2, -0.15) is 0 Å². The number of nitrogens with zero attached hydrogens (tertiary/aromatic N) is 1. The first-order chi connectivity index (χ1) is 16.1. The van der Waals surface area contributed by atoms with Crippen LogP contribution in [-0.2, 0) is 26.1 Å². The van der Waals surface area contributed by atoms with E-state index in [0.29, 0.717) is 29.4 Å². The monoisotopic (exact) mass is 446 g/mol. The maximum absolute atomic E-state index is 12.7. The van der Waals surface area contributed by atoms with Crippen molar-refractivity contribution in [3.05, 3.63) is 88.5 Å². The summed E-state index contributed by atoms with van der Waals surface area (Å²) in [5.41, 5.74) is 5.56. The minimum Gasteiger partial charge on any atom is -0.493 e. The molecule has 0 saturated heterocycles. The van der Waals surface area contributed by atoms with Gasteiger partial charge in [0.25, 0.3) is 5.91 Å². The highest BCUT2D eigenvalue weighted by Crippen LogP contribution is 2.38. The lowest BCUT2D eigenvalue weighted by Gasteiger charge is -2.28. The molecule has 0 fully saturated rings. The molecule has 0 aliphatic carbocycles. The van der Waals surface area contributed by atoms with E-state index < -0.39 is 0 Å². The Kier molecular flexibility index (Phi) is 7.15. The summed E-state index contributed by atoms with van der Waals surface area (Å²) < 4.78 is 16.1. The van der Waals surface area contributed by atoms with Crippen molar-refractivity contribution in [3.63, 3.8) is 0 Å². The molecule has 0 unspecified atom stereocenters. The van der Waals surface area contributed by atoms with Gasteiger partial charge in [-0.3, -0.25) is 9.69 Å². The van der Waals surface area contributed by atoms with Crippen molar-refractivity contribution >= 4 is 5.91 Å². The lowest BCUT2D eigenvalue weighted by molar-refractivity contribution is 0.0950. The van der Waals surface area contributed by atoms with Crippen LogP contribution in [0.4, 0.5) is 0 Å². The van der Waals surface area contributed by atoms with Crippen LogP contribution in [0.5, 0.6) is 17.2 Å². The van der Waals surface area contributed by atoms with Crippen molar-refractivity contribution in [2.45, 2.75) is 26.1 Å². The summed E-state index contributed by atoms with van der Waals surface area (Å²) in [5.74, 6) is 1.53. The van der Waals surface area contributed by atoms with E-state index in [-0.39, 0.29) is 5.91 Å². The Labute approximate surface area is 195 Å². The van der Waals surface area contributed by atoms with Crippen molar-refractivity contribution in [1.82, 2.24) is 10.2 Å². The van der Waals surface area contributed by atoms with Crippen LogP contribution in [0.25, 0.3) is 0 Å². The van der Waals surface area contributed by atoms with Gasteiger partial charge in [-0.25, -0.2) is 0 Å². The van der Waals surface area contributed by atoms with Crippen molar-refractivity contribution in [1.29, 1.82) is 0 Å². The van der Waals surface area contributed by atoms with Crippen LogP contribution in [0.15, 0.2) is 60.7 Å². The van der Waals surface area contributed by atoms with Crippen LogP contribution < -0.4 is 19.5 Å². The highest BCUT2D eigenvalue weighted by atomic mass is 16.5. The molecule has 0 bridgehead atoms. The summed E-state index contributed by atoms with van der Waals surface area (Å²) in [4.78, 5) is 15.1. The highest BCUT2D eigenvalue weighted by molar-refractivity contribution is 5.94. The number of rotatable bonds is 8. The van der Waals surface area contributed by atoms with E-state index in [0.717, 1.165) is 31.6 Å². The molecule has 0 spiro atoms. The molecule has 33 heavy (non-hydrogen) atoms. The molecule has 0 aromatic heterocycles. The van der Waals surface area contributed by atoms with Crippen molar-refractivity contribution in [3.8, 4) is 17.2 Å². The minimum absolute atomic E-state index is 0.123. The van der Waals surface area contributed by atoms with Gasteiger partial charge in [0.2, 0.25) is 5.75 Å². The van der Waals surface area contributed by atoms with Crippen LogP contribution in [-0.4, -0.2) is 38.7 Å². The molecule has 1 aliphatic rings. The Morgan fingerprint density at radius 2 is 1.55 bits per heavy atom. The first kappa shape index (κ1) is 22.7. The molecule has 1 aliphatic heterocycles. The summed E-state index contributed by atoms with van der Waals surface area (Å²) in [6.45, 7) is 3.24. The normalized spacial score (nSPS) is 13.2. The second-order valence-electron chi connectivity index (χ2n) is 8.14. The zero-order valence-corrected chi connectivity index (χ0v) is 19.4. The summed E-state index contributed by atoms with van der Waals surface area (Å²) in [7, 11) is 4.71. The van der Waals surface area contributed by atoms with Crippen LogP contribution in [0.1, 0.15) is 32.6 Å². The molecule has 1 N–H and O–H groups in total. The molecular formula is C27H30N2O4. The maximum atomic E-state index is 12.7. The molecule has 172 valence electrons. The third-order valence-electron chi connectivity index (χ3n) is 6.01. The summed E-state index contributed by atoms with van der Waals surface area (Å²) in [6, 6.07) is 20.2. The van der Waals surface area contributed by atoms with Gasteiger partial charge in [-0.15, -0.1) is 0 Å². The van der Waals surface area contributed by atoms with Gasteiger partial charge in [0.05, 0.1) is 21.3 Å². The fourth-order valence-corrected chi connectivity index (χ4v) is 4.23. The molecule has 1 heterocycles. The van der Waals surface area contributed by atoms with E-state index in [9.17, 15) is 4.79 Å². The summed E-state index contributed by atoms with van der Waals surface area (Å²) >= 11 is 0. The first-order valence-corrected chi connectivity index (χ1v) is 11.1. The average molecular weight is 447 g/mol. The molecule has 3 aromatic rings. The SMILES string of the molecule is COc1cc(CNC(=O)c2ccc(CN3CCc4ccccc4C3)cc2)cc(OC)c1OC. The highest BCUT2D eigenvalue weighted by Gasteiger charge is 2.16. The lowest BCUT2D eigenvalue weighted by Crippen LogP contribution is -2.30. The Hall–Kier alpha value is -3.51. The number of amides is 1. The number of carbonyl (C=O) groups is 1. The Balaban J connectivity index is 1.35. The summed E-state index contributed by atoms with van der Waals surface area (Å²) in [6.07, 6.45) is 1.08. The third kappa shape index (κ3) is 5.29. The van der Waals surface area contributed by atoms with Crippen LogP contribution in [0, 0.1) is 0 Å². The molecular weight excluding hydrogens is 416 g/mol. The van der Waals surface area contributed by atoms with E-state index in [4.69, 9.17) is 14.2 Å². The van der Waals surface area contributed by atoms with Crippen molar-refractivity contribution in [2.24, 2.45) is 0 Å². The van der Waals surface area contributed by atoms with Gasteiger partial charge in [0.1, 0.15) is 0 Å². The molecule has 6 nitrogen and oxygen atoms in total. The second-order valence-corrected chi connectivity index (χ2v) is 8.14. The Bertz CT molecular complexity index is 1090. The Morgan fingerprint density at radius 1 is 0.879 bits per heavy atom. The standard InChI is InChI=1S/C27H30N2O4/c1-31-24-14-20(15-25(32-2)26(24)33-3)16-28-27(30)22-10-8-19(9-11-22)17-29-13-12-21-6-4-5-7-23(21)18-29/h4-11,14-15H,12-13,16-18H2,1-3H3,(H,28,30). The van der Waals surface area contributed by atoms with E-state index in [2.05, 4.69) is 34.5 Å². The molecule has 3 aromatic carbocycles. The number of fused-ring (bicyclic) bond motifs is 1.